The second-order valence-corrected chi connectivity index (χ2v) is 4.51. The summed E-state index contributed by atoms with van der Waals surface area (Å²) in [7, 11) is 1.67. The number of anilines is 1. The molecule has 0 aliphatic carbocycles. The minimum absolute atomic E-state index is 0.569. The maximum Gasteiger partial charge on any atom is 0.295 e. The molecule has 4 heteroatoms. The maximum absolute atomic E-state index is 5.60. The third kappa shape index (κ3) is 2.74. The van der Waals surface area contributed by atoms with E-state index in [-0.39, 0.29) is 0 Å². The van der Waals surface area contributed by atoms with Crippen LogP contribution in [0.1, 0.15) is 5.56 Å². The van der Waals surface area contributed by atoms with Gasteiger partial charge in [-0.15, -0.1) is 0 Å². The molecule has 0 spiro atoms. The van der Waals surface area contributed by atoms with Crippen LogP contribution in [-0.2, 0) is 6.42 Å². The van der Waals surface area contributed by atoms with Crippen molar-refractivity contribution < 1.29 is 9.15 Å². The van der Waals surface area contributed by atoms with E-state index in [0.29, 0.717) is 6.01 Å². The number of nitrogens with one attached hydrogen (secondary N) is 1. The lowest BCUT2D eigenvalue weighted by molar-refractivity contribution is 0.414. The van der Waals surface area contributed by atoms with E-state index in [1.807, 2.05) is 36.4 Å². The van der Waals surface area contributed by atoms with Gasteiger partial charge in [-0.1, -0.05) is 24.3 Å². The van der Waals surface area contributed by atoms with Gasteiger partial charge in [-0.05, 0) is 36.2 Å². The Morgan fingerprint density at radius 3 is 2.65 bits per heavy atom. The number of rotatable bonds is 5. The molecule has 2 aromatic carbocycles. The summed E-state index contributed by atoms with van der Waals surface area (Å²) in [6.07, 6.45) is 0.905. The zero-order chi connectivity index (χ0) is 13.8. The minimum atomic E-state index is 0.569. The van der Waals surface area contributed by atoms with E-state index in [4.69, 9.17) is 9.15 Å². The molecule has 0 unspecified atom stereocenters. The van der Waals surface area contributed by atoms with Gasteiger partial charge in [0, 0.05) is 6.54 Å². The number of para-hydroxylation sites is 2. The van der Waals surface area contributed by atoms with Gasteiger partial charge in [0.2, 0.25) is 0 Å². The number of hydrogen-bond donors (Lipinski definition) is 1. The van der Waals surface area contributed by atoms with Crippen molar-refractivity contribution >= 4 is 17.1 Å². The molecule has 0 fully saturated rings. The second kappa shape index (κ2) is 5.65. The number of fused-ring (bicyclic) bond motifs is 1. The monoisotopic (exact) mass is 268 g/mol. The van der Waals surface area contributed by atoms with E-state index in [0.717, 1.165) is 29.8 Å². The van der Waals surface area contributed by atoms with Gasteiger partial charge in [0.25, 0.3) is 6.01 Å². The van der Waals surface area contributed by atoms with E-state index in [1.165, 1.54) is 5.56 Å². The zero-order valence-electron chi connectivity index (χ0n) is 11.3. The quantitative estimate of drug-likeness (QED) is 0.769. The molecule has 0 saturated carbocycles. The summed E-state index contributed by atoms with van der Waals surface area (Å²) in [6.45, 7) is 0.777. The van der Waals surface area contributed by atoms with Crippen molar-refractivity contribution in [1.29, 1.82) is 0 Å². The molecule has 0 aliphatic rings. The number of methoxy groups -OCH3 is 1. The van der Waals surface area contributed by atoms with Crippen molar-refractivity contribution in [2.24, 2.45) is 0 Å². The van der Waals surface area contributed by atoms with Crippen LogP contribution < -0.4 is 10.1 Å². The topological polar surface area (TPSA) is 47.3 Å². The molecule has 4 nitrogen and oxygen atoms in total. The smallest absolute Gasteiger partial charge is 0.295 e. The predicted octanol–water partition coefficient (Wildman–Crippen LogP) is 3.49. The summed E-state index contributed by atoms with van der Waals surface area (Å²) in [5.41, 5.74) is 2.92. The van der Waals surface area contributed by atoms with Gasteiger partial charge >= 0.3 is 0 Å². The summed E-state index contributed by atoms with van der Waals surface area (Å²) in [5.74, 6) is 0.876. The van der Waals surface area contributed by atoms with Crippen LogP contribution >= 0.6 is 0 Å². The van der Waals surface area contributed by atoms with Gasteiger partial charge in [-0.2, -0.15) is 4.98 Å². The second-order valence-electron chi connectivity index (χ2n) is 4.51. The third-order valence-electron chi connectivity index (χ3n) is 3.14. The van der Waals surface area contributed by atoms with Crippen molar-refractivity contribution in [2.75, 3.05) is 19.0 Å². The van der Waals surface area contributed by atoms with Crippen molar-refractivity contribution in [2.45, 2.75) is 6.42 Å². The van der Waals surface area contributed by atoms with Crippen molar-refractivity contribution in [1.82, 2.24) is 4.98 Å². The van der Waals surface area contributed by atoms with Gasteiger partial charge < -0.3 is 14.5 Å². The molecule has 0 amide bonds. The molecule has 1 N–H and O–H groups in total. The Morgan fingerprint density at radius 1 is 1.10 bits per heavy atom. The first-order valence-electron chi connectivity index (χ1n) is 6.57. The van der Waals surface area contributed by atoms with E-state index >= 15 is 0 Å². The summed E-state index contributed by atoms with van der Waals surface area (Å²) in [5, 5.41) is 3.20. The van der Waals surface area contributed by atoms with Crippen LogP contribution in [0.3, 0.4) is 0 Å². The number of oxazole rings is 1. The molecular formula is C16H16N2O2. The number of aromatic nitrogens is 1. The van der Waals surface area contributed by atoms with E-state index in [1.54, 1.807) is 7.11 Å². The first-order chi connectivity index (χ1) is 9.85. The lowest BCUT2D eigenvalue weighted by Gasteiger charge is -2.04. The summed E-state index contributed by atoms with van der Waals surface area (Å²) in [4.78, 5) is 4.37. The Labute approximate surface area is 117 Å². The molecule has 1 aromatic heterocycles. The maximum atomic E-state index is 5.60. The van der Waals surface area contributed by atoms with Gasteiger partial charge in [-0.25, -0.2) is 0 Å². The average Bonchev–Trinajstić information content (AvgIpc) is 2.90. The number of hydrogen-bond acceptors (Lipinski definition) is 4. The fourth-order valence-corrected chi connectivity index (χ4v) is 2.05. The molecule has 1 heterocycles. The van der Waals surface area contributed by atoms with E-state index in [2.05, 4.69) is 22.4 Å². The largest absolute Gasteiger partial charge is 0.497 e. The highest BCUT2D eigenvalue weighted by atomic mass is 16.5. The van der Waals surface area contributed by atoms with Crippen LogP contribution in [0.4, 0.5) is 6.01 Å². The Morgan fingerprint density at radius 2 is 1.90 bits per heavy atom. The van der Waals surface area contributed by atoms with Gasteiger partial charge in [-0.3, -0.25) is 0 Å². The third-order valence-corrected chi connectivity index (χ3v) is 3.14. The standard InChI is InChI=1S/C16H16N2O2/c1-19-13-8-6-12(7-9-13)10-11-17-16-18-14-4-2-3-5-15(14)20-16/h2-9H,10-11H2,1H3,(H,17,18). The molecule has 20 heavy (non-hydrogen) atoms. The summed E-state index contributed by atoms with van der Waals surface area (Å²) < 4.78 is 10.7. The van der Waals surface area contributed by atoms with Crippen LogP contribution in [-0.4, -0.2) is 18.6 Å². The van der Waals surface area contributed by atoms with Gasteiger partial charge in [0.15, 0.2) is 5.58 Å². The fourth-order valence-electron chi connectivity index (χ4n) is 2.05. The molecule has 3 aromatic rings. The van der Waals surface area contributed by atoms with Crippen LogP contribution in [0, 0.1) is 0 Å². The Balaban J connectivity index is 1.58. The van der Waals surface area contributed by atoms with Crippen LogP contribution in [0.5, 0.6) is 5.75 Å². The van der Waals surface area contributed by atoms with Crippen molar-refractivity contribution in [3.8, 4) is 5.75 Å². The van der Waals surface area contributed by atoms with Gasteiger partial charge in [0.05, 0.1) is 7.11 Å². The molecule has 0 aliphatic heterocycles. The van der Waals surface area contributed by atoms with Gasteiger partial charge in [0.1, 0.15) is 11.3 Å². The van der Waals surface area contributed by atoms with Crippen LogP contribution in [0.15, 0.2) is 52.9 Å². The fraction of sp³-hybridized carbons (Fsp3) is 0.188. The molecule has 3 rings (SSSR count). The Hall–Kier alpha value is -2.49. The molecule has 0 bridgehead atoms. The summed E-state index contributed by atoms with van der Waals surface area (Å²) >= 11 is 0. The number of benzene rings is 2. The lowest BCUT2D eigenvalue weighted by atomic mass is 10.1. The highest BCUT2D eigenvalue weighted by molar-refractivity contribution is 5.74. The number of ether oxygens (including phenoxy) is 1. The van der Waals surface area contributed by atoms with Crippen molar-refractivity contribution in [3.63, 3.8) is 0 Å². The number of nitrogens with zero attached hydrogens (tertiary/aromatic N) is 1. The van der Waals surface area contributed by atoms with E-state index < -0.39 is 0 Å². The molecular weight excluding hydrogens is 252 g/mol. The van der Waals surface area contributed by atoms with E-state index in [9.17, 15) is 0 Å². The molecule has 0 radical (unpaired) electrons. The summed E-state index contributed by atoms with van der Waals surface area (Å²) in [6, 6.07) is 16.4. The highest BCUT2D eigenvalue weighted by Gasteiger charge is 2.03. The lowest BCUT2D eigenvalue weighted by Crippen LogP contribution is -2.04. The molecule has 0 atom stereocenters. The Bertz CT molecular complexity index is 656. The predicted molar refractivity (Wildman–Crippen MR) is 79.2 cm³/mol. The highest BCUT2D eigenvalue weighted by Crippen LogP contribution is 2.18. The minimum Gasteiger partial charge on any atom is -0.497 e. The normalized spacial score (nSPS) is 10.7. The Kier molecular flexibility index (Phi) is 3.54. The SMILES string of the molecule is COc1ccc(CCNc2nc3ccccc3o2)cc1. The van der Waals surface area contributed by atoms with Crippen LogP contribution in [0.25, 0.3) is 11.1 Å². The molecule has 0 saturated heterocycles. The average molecular weight is 268 g/mol. The first kappa shape index (κ1) is 12.5. The van der Waals surface area contributed by atoms with Crippen molar-refractivity contribution in [3.05, 3.63) is 54.1 Å². The zero-order valence-corrected chi connectivity index (χ0v) is 11.3. The van der Waals surface area contributed by atoms with Crippen LogP contribution in [0.2, 0.25) is 0 Å². The molecule has 102 valence electrons. The first-order valence-corrected chi connectivity index (χ1v) is 6.57.